The standard InChI is InChI=1S/C65H122O6/c1-4-7-10-13-16-18-20-22-24-26-27-28-29-30-31-32-33-34-35-36-37-38-40-41-43-45-47-49-52-55-58-64(67)70-61-62(60-69-63(66)57-54-51-15-12-9-6-3)71-65(68)59-56-53-50-48-46-44-42-39-25-23-21-19-17-14-11-8-5-2/h17,19,23,25,62H,4-16,18,20-22,24,26-61H2,1-3H3/b19-17-,25-23-. The molecular weight excluding hydrogens is 877 g/mol. The molecular formula is C65H122O6. The van der Waals surface area contributed by atoms with E-state index in [-0.39, 0.29) is 31.1 Å². The Morgan fingerprint density at radius 2 is 0.507 bits per heavy atom. The first-order valence-electron chi connectivity index (χ1n) is 31.8. The molecule has 1 unspecified atom stereocenters. The van der Waals surface area contributed by atoms with Crippen LogP contribution < -0.4 is 0 Å². The number of allylic oxidation sites excluding steroid dienone is 4. The van der Waals surface area contributed by atoms with Gasteiger partial charge in [0.2, 0.25) is 0 Å². The predicted octanol–water partition coefficient (Wildman–Crippen LogP) is 21.4. The molecule has 0 saturated carbocycles. The quantitative estimate of drug-likeness (QED) is 0.0261. The maximum atomic E-state index is 12.8. The maximum Gasteiger partial charge on any atom is 0.306 e. The Hall–Kier alpha value is -2.11. The molecule has 0 bridgehead atoms. The van der Waals surface area contributed by atoms with Crippen LogP contribution in [0.2, 0.25) is 0 Å². The van der Waals surface area contributed by atoms with Gasteiger partial charge in [-0.25, -0.2) is 0 Å². The molecule has 0 radical (unpaired) electrons. The summed E-state index contributed by atoms with van der Waals surface area (Å²) in [6.07, 6.45) is 72.4. The third kappa shape index (κ3) is 58.7. The number of carbonyl (C=O) groups excluding carboxylic acids is 3. The van der Waals surface area contributed by atoms with E-state index in [2.05, 4.69) is 45.1 Å². The number of rotatable bonds is 59. The van der Waals surface area contributed by atoms with Crippen molar-refractivity contribution in [1.82, 2.24) is 0 Å². The first-order valence-corrected chi connectivity index (χ1v) is 31.8. The number of hydrogen-bond acceptors (Lipinski definition) is 6. The van der Waals surface area contributed by atoms with E-state index in [1.165, 1.54) is 244 Å². The van der Waals surface area contributed by atoms with Crippen molar-refractivity contribution in [2.24, 2.45) is 0 Å². The fourth-order valence-corrected chi connectivity index (χ4v) is 9.65. The minimum absolute atomic E-state index is 0.0700. The van der Waals surface area contributed by atoms with Crippen LogP contribution >= 0.6 is 0 Å². The molecule has 0 aromatic rings. The molecule has 1 atom stereocenters. The van der Waals surface area contributed by atoms with E-state index in [1.54, 1.807) is 0 Å². The highest BCUT2D eigenvalue weighted by molar-refractivity contribution is 5.71. The predicted molar refractivity (Wildman–Crippen MR) is 307 cm³/mol. The Morgan fingerprint density at radius 1 is 0.282 bits per heavy atom. The van der Waals surface area contributed by atoms with Gasteiger partial charge in [-0.15, -0.1) is 0 Å². The molecule has 0 aromatic heterocycles. The third-order valence-electron chi connectivity index (χ3n) is 14.5. The number of hydrogen-bond donors (Lipinski definition) is 0. The average Bonchev–Trinajstić information content (AvgIpc) is 3.37. The molecule has 0 aliphatic rings. The van der Waals surface area contributed by atoms with Gasteiger partial charge in [0.1, 0.15) is 13.2 Å². The van der Waals surface area contributed by atoms with Crippen molar-refractivity contribution in [3.05, 3.63) is 24.3 Å². The largest absolute Gasteiger partial charge is 0.462 e. The number of ether oxygens (including phenoxy) is 3. The summed E-state index contributed by atoms with van der Waals surface area (Å²) >= 11 is 0. The van der Waals surface area contributed by atoms with Crippen LogP contribution in [0.4, 0.5) is 0 Å². The van der Waals surface area contributed by atoms with E-state index < -0.39 is 6.10 Å². The van der Waals surface area contributed by atoms with Gasteiger partial charge >= 0.3 is 17.9 Å². The SMILES string of the molecule is CCCCC/C=C\C/C=C\CCCCCCCCCC(=O)OC(COC(=O)CCCCCCCC)COC(=O)CCCCCCCCCCCCCCCCCCCCCCCCCCCCCCCC. The zero-order valence-corrected chi connectivity index (χ0v) is 48.0. The minimum atomic E-state index is -0.769. The summed E-state index contributed by atoms with van der Waals surface area (Å²) in [5.74, 6) is -0.868. The fourth-order valence-electron chi connectivity index (χ4n) is 9.65. The molecule has 0 aromatic carbocycles. The highest BCUT2D eigenvalue weighted by Gasteiger charge is 2.19. The Kier molecular flexibility index (Phi) is 58.6. The van der Waals surface area contributed by atoms with Crippen LogP contribution in [0.15, 0.2) is 24.3 Å². The summed E-state index contributed by atoms with van der Waals surface area (Å²) < 4.78 is 16.8. The van der Waals surface area contributed by atoms with Crippen LogP contribution in [0.3, 0.4) is 0 Å². The van der Waals surface area contributed by atoms with Gasteiger partial charge in [0.05, 0.1) is 0 Å². The molecule has 0 spiro atoms. The lowest BCUT2D eigenvalue weighted by molar-refractivity contribution is -0.167. The van der Waals surface area contributed by atoms with Gasteiger partial charge in [0.25, 0.3) is 0 Å². The monoisotopic (exact) mass is 999 g/mol. The van der Waals surface area contributed by atoms with E-state index in [1.807, 2.05) is 0 Å². The Balaban J connectivity index is 3.96. The first kappa shape index (κ1) is 68.9. The topological polar surface area (TPSA) is 78.9 Å². The van der Waals surface area contributed by atoms with Crippen LogP contribution in [-0.2, 0) is 28.6 Å². The highest BCUT2D eigenvalue weighted by Crippen LogP contribution is 2.18. The van der Waals surface area contributed by atoms with E-state index in [0.29, 0.717) is 19.3 Å². The van der Waals surface area contributed by atoms with Crippen LogP contribution in [0.5, 0.6) is 0 Å². The first-order chi connectivity index (χ1) is 35.0. The second-order valence-electron chi connectivity index (χ2n) is 21.7. The van der Waals surface area contributed by atoms with Crippen LogP contribution in [0, 0.1) is 0 Å². The van der Waals surface area contributed by atoms with Crippen LogP contribution in [0.1, 0.15) is 355 Å². The Morgan fingerprint density at radius 3 is 0.803 bits per heavy atom. The number of carbonyl (C=O) groups is 3. The van der Waals surface area contributed by atoms with Gasteiger partial charge in [0, 0.05) is 19.3 Å². The molecule has 0 heterocycles. The highest BCUT2D eigenvalue weighted by atomic mass is 16.6. The van der Waals surface area contributed by atoms with Crippen molar-refractivity contribution in [2.75, 3.05) is 13.2 Å². The molecule has 0 aliphatic heterocycles. The van der Waals surface area contributed by atoms with Crippen molar-refractivity contribution < 1.29 is 28.6 Å². The molecule has 6 nitrogen and oxygen atoms in total. The molecule has 71 heavy (non-hydrogen) atoms. The van der Waals surface area contributed by atoms with Crippen molar-refractivity contribution in [3.63, 3.8) is 0 Å². The normalized spacial score (nSPS) is 12.1. The molecule has 0 rings (SSSR count). The van der Waals surface area contributed by atoms with Crippen molar-refractivity contribution >= 4 is 17.9 Å². The second kappa shape index (κ2) is 60.4. The molecule has 0 fully saturated rings. The fraction of sp³-hybridized carbons (Fsp3) is 0.892. The molecule has 0 aliphatic carbocycles. The van der Waals surface area contributed by atoms with Crippen LogP contribution in [-0.4, -0.2) is 37.2 Å². The lowest BCUT2D eigenvalue weighted by Crippen LogP contribution is -2.30. The van der Waals surface area contributed by atoms with Gasteiger partial charge in [-0.2, -0.15) is 0 Å². The van der Waals surface area contributed by atoms with Crippen molar-refractivity contribution in [1.29, 1.82) is 0 Å². The molecule has 6 heteroatoms. The smallest absolute Gasteiger partial charge is 0.306 e. The molecule has 0 saturated heterocycles. The van der Waals surface area contributed by atoms with Gasteiger partial charge in [-0.1, -0.05) is 308 Å². The second-order valence-corrected chi connectivity index (χ2v) is 21.7. The lowest BCUT2D eigenvalue weighted by Gasteiger charge is -2.18. The zero-order chi connectivity index (χ0) is 51.4. The van der Waals surface area contributed by atoms with E-state index in [0.717, 1.165) is 70.6 Å². The van der Waals surface area contributed by atoms with Gasteiger partial charge < -0.3 is 14.2 Å². The van der Waals surface area contributed by atoms with Gasteiger partial charge in [-0.05, 0) is 51.4 Å². The third-order valence-corrected chi connectivity index (χ3v) is 14.5. The van der Waals surface area contributed by atoms with Gasteiger partial charge in [0.15, 0.2) is 6.10 Å². The summed E-state index contributed by atoms with van der Waals surface area (Å²) in [5.41, 5.74) is 0. The van der Waals surface area contributed by atoms with Crippen LogP contribution in [0.25, 0.3) is 0 Å². The average molecular weight is 1000 g/mol. The van der Waals surface area contributed by atoms with E-state index in [9.17, 15) is 14.4 Å². The molecule has 0 amide bonds. The Bertz CT molecular complexity index is 1150. The Labute approximate surface area is 443 Å². The zero-order valence-electron chi connectivity index (χ0n) is 48.0. The maximum absolute atomic E-state index is 12.8. The van der Waals surface area contributed by atoms with Gasteiger partial charge in [-0.3, -0.25) is 14.4 Å². The van der Waals surface area contributed by atoms with Crippen molar-refractivity contribution in [2.45, 2.75) is 361 Å². The summed E-state index contributed by atoms with van der Waals surface area (Å²) in [7, 11) is 0. The summed E-state index contributed by atoms with van der Waals surface area (Å²) in [6.45, 7) is 6.60. The number of unbranched alkanes of at least 4 members (excludes halogenated alkanes) is 44. The number of esters is 3. The summed E-state index contributed by atoms with van der Waals surface area (Å²) in [6, 6.07) is 0. The molecule has 418 valence electrons. The molecule has 0 N–H and O–H groups in total. The summed E-state index contributed by atoms with van der Waals surface area (Å²) in [4.78, 5) is 37.9. The summed E-state index contributed by atoms with van der Waals surface area (Å²) in [5, 5.41) is 0. The minimum Gasteiger partial charge on any atom is -0.462 e. The lowest BCUT2D eigenvalue weighted by atomic mass is 10.0. The van der Waals surface area contributed by atoms with E-state index >= 15 is 0 Å². The van der Waals surface area contributed by atoms with Crippen molar-refractivity contribution in [3.8, 4) is 0 Å². The van der Waals surface area contributed by atoms with E-state index in [4.69, 9.17) is 14.2 Å².